The fourth-order valence-corrected chi connectivity index (χ4v) is 2.19. The molecule has 0 aromatic heterocycles. The molecule has 96 valence electrons. The number of imide groups is 1. The molecule has 5 nitrogen and oxygen atoms in total. The zero-order chi connectivity index (χ0) is 13.2. The molecule has 1 aliphatic heterocycles. The molecule has 0 aromatic rings. The van der Waals surface area contributed by atoms with E-state index in [1.54, 1.807) is 13.8 Å². The van der Waals surface area contributed by atoms with Gasteiger partial charge in [0.05, 0.1) is 12.5 Å². The van der Waals surface area contributed by atoms with Crippen LogP contribution in [0, 0.1) is 11.8 Å². The summed E-state index contributed by atoms with van der Waals surface area (Å²) in [5.74, 6) is -2.12. The van der Waals surface area contributed by atoms with Gasteiger partial charge < -0.3 is 5.11 Å². The lowest BCUT2D eigenvalue weighted by Crippen LogP contribution is -2.41. The van der Waals surface area contributed by atoms with E-state index in [0.717, 1.165) is 6.42 Å². The molecular formula is C12H19NO4. The molecule has 0 saturated carbocycles. The largest absolute Gasteiger partial charge is 0.481 e. The van der Waals surface area contributed by atoms with Crippen LogP contribution in [-0.2, 0) is 14.4 Å². The van der Waals surface area contributed by atoms with Crippen molar-refractivity contribution in [2.75, 3.05) is 0 Å². The van der Waals surface area contributed by atoms with Crippen LogP contribution in [0.15, 0.2) is 0 Å². The smallest absolute Gasteiger partial charge is 0.305 e. The van der Waals surface area contributed by atoms with E-state index < -0.39 is 12.0 Å². The third kappa shape index (κ3) is 2.65. The van der Waals surface area contributed by atoms with Crippen LogP contribution in [0.4, 0.5) is 0 Å². The number of aliphatic carboxylic acids is 1. The van der Waals surface area contributed by atoms with Crippen molar-refractivity contribution in [2.45, 2.75) is 46.1 Å². The van der Waals surface area contributed by atoms with Crippen molar-refractivity contribution in [2.24, 2.45) is 11.8 Å². The normalized spacial score (nSPS) is 26.4. The summed E-state index contributed by atoms with van der Waals surface area (Å²) >= 11 is 0. The number of likely N-dealkylation sites (tertiary alicyclic amines) is 1. The summed E-state index contributed by atoms with van der Waals surface area (Å²) in [6.07, 6.45) is 1.13. The van der Waals surface area contributed by atoms with Crippen LogP contribution in [0.5, 0.6) is 0 Å². The summed E-state index contributed by atoms with van der Waals surface area (Å²) in [6, 6.07) is -0.495. The molecule has 0 spiro atoms. The summed E-state index contributed by atoms with van der Waals surface area (Å²) in [7, 11) is 0. The minimum Gasteiger partial charge on any atom is -0.481 e. The van der Waals surface area contributed by atoms with Crippen molar-refractivity contribution < 1.29 is 19.5 Å². The molecule has 1 rings (SSSR count). The van der Waals surface area contributed by atoms with Gasteiger partial charge in [-0.05, 0) is 6.42 Å². The van der Waals surface area contributed by atoms with Crippen molar-refractivity contribution in [3.8, 4) is 0 Å². The standard InChI is InChI=1S/C12H19NO4/c1-4-5-9(6-10(14)15)13-11(16)7(2)8(3)12(13)17/h7-9H,4-6H2,1-3H3,(H,14,15). The quantitative estimate of drug-likeness (QED) is 0.735. The highest BCUT2D eigenvalue weighted by molar-refractivity contribution is 6.05. The molecule has 0 aromatic carbocycles. The second kappa shape index (κ2) is 5.29. The number of carbonyl (C=O) groups is 3. The first-order chi connectivity index (χ1) is 7.90. The molecule has 3 unspecified atom stereocenters. The minimum atomic E-state index is -0.976. The maximum atomic E-state index is 11.9. The van der Waals surface area contributed by atoms with Gasteiger partial charge in [0.1, 0.15) is 0 Å². The predicted molar refractivity (Wildman–Crippen MR) is 61.1 cm³/mol. The Labute approximate surface area is 101 Å². The van der Waals surface area contributed by atoms with E-state index in [4.69, 9.17) is 5.11 Å². The Morgan fingerprint density at radius 2 is 1.76 bits per heavy atom. The third-order valence-electron chi connectivity index (χ3n) is 3.40. The zero-order valence-corrected chi connectivity index (χ0v) is 10.5. The maximum Gasteiger partial charge on any atom is 0.305 e. The van der Waals surface area contributed by atoms with E-state index in [9.17, 15) is 14.4 Å². The number of carboxylic acids is 1. The van der Waals surface area contributed by atoms with Crippen LogP contribution >= 0.6 is 0 Å². The summed E-state index contributed by atoms with van der Waals surface area (Å²) < 4.78 is 0. The molecule has 0 radical (unpaired) electrons. The Morgan fingerprint density at radius 1 is 1.29 bits per heavy atom. The van der Waals surface area contributed by atoms with Crippen LogP contribution < -0.4 is 0 Å². The van der Waals surface area contributed by atoms with Crippen LogP contribution in [0.25, 0.3) is 0 Å². The number of hydrogen-bond donors (Lipinski definition) is 1. The molecule has 5 heteroatoms. The van der Waals surface area contributed by atoms with Crippen LogP contribution in [0.3, 0.4) is 0 Å². The van der Waals surface area contributed by atoms with Crippen molar-refractivity contribution in [3.05, 3.63) is 0 Å². The Hall–Kier alpha value is -1.39. The topological polar surface area (TPSA) is 74.7 Å². The summed E-state index contributed by atoms with van der Waals surface area (Å²) in [6.45, 7) is 5.34. The lowest BCUT2D eigenvalue weighted by molar-refractivity contribution is -0.145. The van der Waals surface area contributed by atoms with E-state index in [2.05, 4.69) is 0 Å². The van der Waals surface area contributed by atoms with E-state index in [0.29, 0.717) is 6.42 Å². The predicted octanol–water partition coefficient (Wildman–Crippen LogP) is 1.27. The number of carbonyl (C=O) groups excluding carboxylic acids is 2. The van der Waals surface area contributed by atoms with Gasteiger partial charge in [-0.25, -0.2) is 0 Å². The number of rotatable bonds is 5. The van der Waals surface area contributed by atoms with Gasteiger partial charge >= 0.3 is 5.97 Å². The second-order valence-electron chi connectivity index (χ2n) is 4.66. The van der Waals surface area contributed by atoms with Crippen molar-refractivity contribution in [1.29, 1.82) is 0 Å². The first-order valence-corrected chi connectivity index (χ1v) is 5.98. The van der Waals surface area contributed by atoms with Gasteiger partial charge in [-0.2, -0.15) is 0 Å². The highest BCUT2D eigenvalue weighted by atomic mass is 16.4. The molecule has 1 aliphatic rings. The van der Waals surface area contributed by atoms with Crippen LogP contribution in [0.1, 0.15) is 40.0 Å². The highest BCUT2D eigenvalue weighted by Gasteiger charge is 2.45. The fourth-order valence-electron chi connectivity index (χ4n) is 2.19. The molecule has 0 bridgehead atoms. The van der Waals surface area contributed by atoms with Crippen molar-refractivity contribution in [1.82, 2.24) is 4.90 Å². The first kappa shape index (κ1) is 13.7. The van der Waals surface area contributed by atoms with Gasteiger partial charge in [0, 0.05) is 11.8 Å². The van der Waals surface area contributed by atoms with Crippen LogP contribution in [-0.4, -0.2) is 33.8 Å². The molecule has 1 fully saturated rings. The Kier molecular flexibility index (Phi) is 4.26. The monoisotopic (exact) mass is 241 g/mol. The zero-order valence-electron chi connectivity index (χ0n) is 10.5. The Morgan fingerprint density at radius 3 is 2.12 bits per heavy atom. The van der Waals surface area contributed by atoms with E-state index in [-0.39, 0.29) is 30.1 Å². The average molecular weight is 241 g/mol. The molecule has 17 heavy (non-hydrogen) atoms. The van der Waals surface area contributed by atoms with E-state index >= 15 is 0 Å². The van der Waals surface area contributed by atoms with E-state index in [1.165, 1.54) is 4.90 Å². The average Bonchev–Trinajstić information content (AvgIpc) is 2.43. The van der Waals surface area contributed by atoms with Crippen molar-refractivity contribution in [3.63, 3.8) is 0 Å². The van der Waals surface area contributed by atoms with Crippen LogP contribution in [0.2, 0.25) is 0 Å². The second-order valence-corrected chi connectivity index (χ2v) is 4.66. The fraction of sp³-hybridized carbons (Fsp3) is 0.750. The first-order valence-electron chi connectivity index (χ1n) is 5.98. The molecule has 2 amide bonds. The van der Waals surface area contributed by atoms with Gasteiger partial charge in [0.25, 0.3) is 0 Å². The molecule has 1 N–H and O–H groups in total. The highest BCUT2D eigenvalue weighted by Crippen LogP contribution is 2.29. The van der Waals surface area contributed by atoms with Gasteiger partial charge in [-0.15, -0.1) is 0 Å². The third-order valence-corrected chi connectivity index (χ3v) is 3.40. The number of hydrogen-bond acceptors (Lipinski definition) is 3. The number of nitrogens with zero attached hydrogens (tertiary/aromatic N) is 1. The molecule has 1 heterocycles. The van der Waals surface area contributed by atoms with E-state index in [1.807, 2.05) is 6.92 Å². The Balaban J connectivity index is 2.90. The number of amides is 2. The molecule has 1 saturated heterocycles. The summed E-state index contributed by atoms with van der Waals surface area (Å²) in [4.78, 5) is 35.8. The molecular weight excluding hydrogens is 222 g/mol. The van der Waals surface area contributed by atoms with Crippen molar-refractivity contribution >= 4 is 17.8 Å². The number of carboxylic acid groups (broad SMARTS) is 1. The molecule has 0 aliphatic carbocycles. The van der Waals surface area contributed by atoms with Gasteiger partial charge in [-0.1, -0.05) is 27.2 Å². The lowest BCUT2D eigenvalue weighted by atomic mass is 10.00. The lowest BCUT2D eigenvalue weighted by Gasteiger charge is -2.25. The van der Waals surface area contributed by atoms with Gasteiger partial charge in [-0.3, -0.25) is 19.3 Å². The summed E-state index contributed by atoms with van der Waals surface area (Å²) in [5.41, 5.74) is 0. The molecule has 3 atom stereocenters. The van der Waals surface area contributed by atoms with Gasteiger partial charge in [0.15, 0.2) is 0 Å². The SMILES string of the molecule is CCCC(CC(=O)O)N1C(=O)C(C)C(C)C1=O. The maximum absolute atomic E-state index is 11.9. The summed E-state index contributed by atoms with van der Waals surface area (Å²) in [5, 5.41) is 8.83. The minimum absolute atomic E-state index is 0.162. The van der Waals surface area contributed by atoms with Gasteiger partial charge in [0.2, 0.25) is 11.8 Å². The Bertz CT molecular complexity index is 319.